The number of phenols is 1. The highest BCUT2D eigenvalue weighted by Crippen LogP contribution is 2.32. The summed E-state index contributed by atoms with van der Waals surface area (Å²) in [4.78, 5) is 4.95. The van der Waals surface area contributed by atoms with E-state index in [9.17, 15) is 9.50 Å². The van der Waals surface area contributed by atoms with Gasteiger partial charge in [0.15, 0.2) is 0 Å². The van der Waals surface area contributed by atoms with Crippen LogP contribution in [0.25, 0.3) is 11.3 Å². The molecule has 1 heterocycles. The molecule has 1 aromatic heterocycles. The summed E-state index contributed by atoms with van der Waals surface area (Å²) in [7, 11) is 1.69. The minimum atomic E-state index is -0.284. The molecule has 0 aliphatic rings. The van der Waals surface area contributed by atoms with Gasteiger partial charge in [0, 0.05) is 18.0 Å². The van der Waals surface area contributed by atoms with Gasteiger partial charge in [0.05, 0.1) is 20.9 Å². The van der Waals surface area contributed by atoms with E-state index in [0.717, 1.165) is 16.8 Å². The van der Waals surface area contributed by atoms with Gasteiger partial charge in [-0.1, -0.05) is 0 Å². The SMILES string of the molecule is CN=c1scc(-c2ccc(F)cc2)n1N=Cc1cc(Br)c(O)c(Br)c1. The molecule has 4 nitrogen and oxygen atoms in total. The van der Waals surface area contributed by atoms with Crippen molar-refractivity contribution < 1.29 is 9.50 Å². The number of hydrogen-bond donors (Lipinski definition) is 1. The molecular weight excluding hydrogens is 473 g/mol. The second-order valence-corrected chi connectivity index (χ2v) is 7.57. The lowest BCUT2D eigenvalue weighted by atomic mass is 10.2. The zero-order valence-corrected chi connectivity index (χ0v) is 16.9. The fraction of sp³-hybridized carbons (Fsp3) is 0.0588. The van der Waals surface area contributed by atoms with Crippen LogP contribution in [0.1, 0.15) is 5.56 Å². The molecule has 0 aliphatic carbocycles. The smallest absolute Gasteiger partial charge is 0.205 e. The molecule has 1 N–H and O–H groups in total. The van der Waals surface area contributed by atoms with Gasteiger partial charge in [0.1, 0.15) is 11.6 Å². The van der Waals surface area contributed by atoms with Crippen LogP contribution in [-0.4, -0.2) is 23.0 Å². The Labute approximate surface area is 164 Å². The molecule has 0 fully saturated rings. The van der Waals surface area contributed by atoms with Gasteiger partial charge in [-0.3, -0.25) is 4.99 Å². The van der Waals surface area contributed by atoms with E-state index >= 15 is 0 Å². The summed E-state index contributed by atoms with van der Waals surface area (Å²) in [5.41, 5.74) is 2.46. The van der Waals surface area contributed by atoms with Crippen molar-refractivity contribution in [1.82, 2.24) is 4.68 Å². The van der Waals surface area contributed by atoms with Crippen molar-refractivity contribution in [2.24, 2.45) is 10.1 Å². The summed E-state index contributed by atoms with van der Waals surface area (Å²) in [6.45, 7) is 0. The van der Waals surface area contributed by atoms with E-state index in [-0.39, 0.29) is 11.6 Å². The van der Waals surface area contributed by atoms with Crippen molar-refractivity contribution >= 4 is 49.4 Å². The molecule has 0 unspecified atom stereocenters. The average molecular weight is 485 g/mol. The molecule has 0 spiro atoms. The Kier molecular flexibility index (Phi) is 5.51. The first-order valence-corrected chi connectivity index (χ1v) is 9.58. The predicted molar refractivity (Wildman–Crippen MR) is 106 cm³/mol. The predicted octanol–water partition coefficient (Wildman–Crippen LogP) is 5.00. The first-order chi connectivity index (χ1) is 12.0. The maximum atomic E-state index is 13.2. The van der Waals surface area contributed by atoms with Crippen LogP contribution < -0.4 is 4.80 Å². The summed E-state index contributed by atoms with van der Waals surface area (Å²) in [5, 5.41) is 16.2. The van der Waals surface area contributed by atoms with E-state index in [1.54, 1.807) is 42.2 Å². The minimum Gasteiger partial charge on any atom is -0.506 e. The van der Waals surface area contributed by atoms with E-state index in [4.69, 9.17) is 0 Å². The monoisotopic (exact) mass is 483 g/mol. The van der Waals surface area contributed by atoms with Crippen LogP contribution >= 0.6 is 43.2 Å². The Morgan fingerprint density at radius 1 is 1.16 bits per heavy atom. The van der Waals surface area contributed by atoms with Crippen molar-refractivity contribution in [2.45, 2.75) is 0 Å². The second-order valence-electron chi connectivity index (χ2n) is 5.02. The largest absolute Gasteiger partial charge is 0.506 e. The van der Waals surface area contributed by atoms with Crippen molar-refractivity contribution in [3.8, 4) is 17.0 Å². The Morgan fingerprint density at radius 2 is 1.80 bits per heavy atom. The third-order valence-corrected chi connectivity index (χ3v) is 5.49. The van der Waals surface area contributed by atoms with Gasteiger partial charge < -0.3 is 5.11 Å². The summed E-state index contributed by atoms with van der Waals surface area (Å²) in [6, 6.07) is 9.76. The van der Waals surface area contributed by atoms with Gasteiger partial charge in [-0.05, 0) is 73.8 Å². The molecule has 25 heavy (non-hydrogen) atoms. The number of aromatic hydroxyl groups is 1. The summed E-state index contributed by atoms with van der Waals surface area (Å²) >= 11 is 8.05. The van der Waals surface area contributed by atoms with Crippen molar-refractivity contribution in [3.05, 3.63) is 66.9 Å². The normalized spacial score (nSPS) is 12.2. The summed E-state index contributed by atoms with van der Waals surface area (Å²) in [6.07, 6.45) is 1.67. The Morgan fingerprint density at radius 3 is 2.40 bits per heavy atom. The van der Waals surface area contributed by atoms with Crippen LogP contribution in [0.15, 0.2) is 60.8 Å². The number of benzene rings is 2. The van der Waals surface area contributed by atoms with E-state index in [0.29, 0.717) is 13.7 Å². The molecule has 0 saturated carbocycles. The van der Waals surface area contributed by atoms with Crippen LogP contribution in [0.4, 0.5) is 4.39 Å². The van der Waals surface area contributed by atoms with E-state index in [1.807, 2.05) is 5.38 Å². The lowest BCUT2D eigenvalue weighted by molar-refractivity contribution is 0.468. The van der Waals surface area contributed by atoms with Crippen LogP contribution in [0.5, 0.6) is 5.75 Å². The molecule has 128 valence electrons. The first kappa shape index (κ1) is 18.0. The zero-order valence-electron chi connectivity index (χ0n) is 12.9. The van der Waals surface area contributed by atoms with Gasteiger partial charge in [-0.25, -0.2) is 9.07 Å². The van der Waals surface area contributed by atoms with Crippen molar-refractivity contribution in [1.29, 1.82) is 0 Å². The Hall–Kier alpha value is -1.77. The molecule has 0 amide bonds. The minimum absolute atomic E-state index is 0.136. The van der Waals surface area contributed by atoms with E-state index < -0.39 is 0 Å². The molecule has 0 aliphatic heterocycles. The number of hydrogen-bond acceptors (Lipinski definition) is 4. The maximum absolute atomic E-state index is 13.2. The number of nitrogens with zero attached hydrogens (tertiary/aromatic N) is 3. The molecule has 0 bridgehead atoms. The summed E-state index contributed by atoms with van der Waals surface area (Å²) in [5.74, 6) is -0.148. The molecule has 3 rings (SSSR count). The highest BCUT2D eigenvalue weighted by molar-refractivity contribution is 9.11. The molecule has 0 radical (unpaired) electrons. The Balaban J connectivity index is 2.05. The fourth-order valence-corrected chi connectivity index (χ4v) is 4.19. The third kappa shape index (κ3) is 3.91. The number of thiazole rings is 1. The highest BCUT2D eigenvalue weighted by Gasteiger charge is 2.08. The van der Waals surface area contributed by atoms with E-state index in [1.165, 1.54) is 23.5 Å². The first-order valence-electron chi connectivity index (χ1n) is 7.11. The van der Waals surface area contributed by atoms with Gasteiger partial charge in [-0.15, -0.1) is 11.3 Å². The van der Waals surface area contributed by atoms with Gasteiger partial charge in [0.25, 0.3) is 0 Å². The zero-order chi connectivity index (χ0) is 18.0. The average Bonchev–Trinajstić information content (AvgIpc) is 3.01. The quantitative estimate of drug-likeness (QED) is 0.522. The van der Waals surface area contributed by atoms with Crippen molar-refractivity contribution in [2.75, 3.05) is 7.05 Å². The number of aromatic nitrogens is 1. The van der Waals surface area contributed by atoms with Gasteiger partial charge in [0.2, 0.25) is 4.80 Å². The van der Waals surface area contributed by atoms with Crippen molar-refractivity contribution in [3.63, 3.8) is 0 Å². The van der Waals surface area contributed by atoms with Crippen LogP contribution in [-0.2, 0) is 0 Å². The number of phenolic OH excluding ortho intramolecular Hbond substituents is 1. The molecule has 3 aromatic rings. The second kappa shape index (κ2) is 7.63. The number of halogens is 3. The van der Waals surface area contributed by atoms with Crippen LogP contribution in [0.3, 0.4) is 0 Å². The maximum Gasteiger partial charge on any atom is 0.205 e. The molecule has 0 saturated heterocycles. The molecule has 8 heteroatoms. The van der Waals surface area contributed by atoms with Crippen LogP contribution in [0, 0.1) is 5.82 Å². The summed E-state index contributed by atoms with van der Waals surface area (Å²) < 4.78 is 16.0. The molecule has 0 atom stereocenters. The fourth-order valence-electron chi connectivity index (χ4n) is 2.17. The Bertz CT molecular complexity index is 986. The highest BCUT2D eigenvalue weighted by atomic mass is 79.9. The topological polar surface area (TPSA) is 49.9 Å². The van der Waals surface area contributed by atoms with Crippen LogP contribution in [0.2, 0.25) is 0 Å². The van der Waals surface area contributed by atoms with Gasteiger partial charge in [-0.2, -0.15) is 5.10 Å². The third-order valence-electron chi connectivity index (χ3n) is 3.38. The van der Waals surface area contributed by atoms with E-state index in [2.05, 4.69) is 42.0 Å². The molecular formula is C17H12Br2FN3OS. The standard InChI is InChI=1S/C17H12Br2FN3OS/c1-21-17-23(15(9-25-17)11-2-4-12(20)5-3-11)22-8-10-6-13(18)16(24)14(19)7-10/h2-9,24H,1H3. The lowest BCUT2D eigenvalue weighted by Crippen LogP contribution is -2.11. The number of rotatable bonds is 3. The van der Waals surface area contributed by atoms with Gasteiger partial charge >= 0.3 is 0 Å². The molecule has 2 aromatic carbocycles. The lowest BCUT2D eigenvalue weighted by Gasteiger charge is -2.04.